The van der Waals surface area contributed by atoms with Crippen LogP contribution < -0.4 is 10.6 Å². The summed E-state index contributed by atoms with van der Waals surface area (Å²) < 4.78 is 5.11. The van der Waals surface area contributed by atoms with Gasteiger partial charge in [-0.15, -0.1) is 0 Å². The molecule has 1 heterocycles. The molecule has 0 aromatic heterocycles. The van der Waals surface area contributed by atoms with E-state index in [0.717, 1.165) is 24.3 Å². The van der Waals surface area contributed by atoms with Crippen molar-refractivity contribution in [3.63, 3.8) is 0 Å². The normalized spacial score (nSPS) is 17.4. The topological polar surface area (TPSA) is 50.4 Å². The standard InChI is InChI=1S/C17H26N2O2/c1-13(15-6-8-18-9-7-15)10-17(20)19-16-5-3-4-14(11-16)12-21-2/h3-5,11,13,15,18H,6-10,12H2,1-2H3,(H,19,20). The average Bonchev–Trinajstić information content (AvgIpc) is 2.48. The molecule has 116 valence electrons. The highest BCUT2D eigenvalue weighted by Gasteiger charge is 2.21. The van der Waals surface area contributed by atoms with E-state index in [1.165, 1.54) is 12.8 Å². The number of carbonyl (C=O) groups is 1. The maximum absolute atomic E-state index is 12.2. The van der Waals surface area contributed by atoms with Gasteiger partial charge in [0, 0.05) is 19.2 Å². The summed E-state index contributed by atoms with van der Waals surface area (Å²) in [7, 11) is 1.67. The monoisotopic (exact) mass is 290 g/mol. The quantitative estimate of drug-likeness (QED) is 0.847. The Morgan fingerprint density at radius 2 is 2.19 bits per heavy atom. The third kappa shape index (κ3) is 5.14. The molecule has 1 fully saturated rings. The Morgan fingerprint density at radius 3 is 2.90 bits per heavy atom. The van der Waals surface area contributed by atoms with Gasteiger partial charge < -0.3 is 15.4 Å². The fourth-order valence-electron chi connectivity index (χ4n) is 2.99. The number of anilines is 1. The maximum Gasteiger partial charge on any atom is 0.224 e. The third-order valence-electron chi connectivity index (χ3n) is 4.22. The fourth-order valence-corrected chi connectivity index (χ4v) is 2.99. The Kier molecular flexibility index (Phi) is 6.21. The minimum absolute atomic E-state index is 0.107. The molecule has 0 radical (unpaired) electrons. The number of amides is 1. The largest absolute Gasteiger partial charge is 0.380 e. The molecule has 0 spiro atoms. The van der Waals surface area contributed by atoms with Gasteiger partial charge >= 0.3 is 0 Å². The molecule has 1 aromatic rings. The zero-order valence-corrected chi connectivity index (χ0v) is 13.0. The van der Waals surface area contributed by atoms with E-state index in [0.29, 0.717) is 24.9 Å². The smallest absolute Gasteiger partial charge is 0.224 e. The molecule has 2 N–H and O–H groups in total. The highest BCUT2D eigenvalue weighted by atomic mass is 16.5. The van der Waals surface area contributed by atoms with Gasteiger partial charge in [0.15, 0.2) is 0 Å². The molecule has 1 saturated heterocycles. The number of benzene rings is 1. The summed E-state index contributed by atoms with van der Waals surface area (Å²) >= 11 is 0. The number of ether oxygens (including phenoxy) is 1. The van der Waals surface area contributed by atoms with E-state index >= 15 is 0 Å². The molecule has 4 heteroatoms. The molecule has 1 aromatic carbocycles. The van der Waals surface area contributed by atoms with Crippen LogP contribution in [-0.2, 0) is 16.1 Å². The van der Waals surface area contributed by atoms with Gasteiger partial charge in [0.2, 0.25) is 5.91 Å². The lowest BCUT2D eigenvalue weighted by Crippen LogP contribution is -2.32. The summed E-state index contributed by atoms with van der Waals surface area (Å²) in [6.07, 6.45) is 2.95. The minimum atomic E-state index is 0.107. The van der Waals surface area contributed by atoms with Gasteiger partial charge in [-0.1, -0.05) is 19.1 Å². The Balaban J connectivity index is 1.84. The fraction of sp³-hybridized carbons (Fsp3) is 0.588. The van der Waals surface area contributed by atoms with Crippen LogP contribution in [-0.4, -0.2) is 26.1 Å². The summed E-state index contributed by atoms with van der Waals surface area (Å²) in [5.41, 5.74) is 1.92. The van der Waals surface area contributed by atoms with Crippen LogP contribution in [0.15, 0.2) is 24.3 Å². The number of piperidine rings is 1. The highest BCUT2D eigenvalue weighted by Crippen LogP contribution is 2.24. The lowest BCUT2D eigenvalue weighted by Gasteiger charge is -2.27. The van der Waals surface area contributed by atoms with Crippen LogP contribution in [0.25, 0.3) is 0 Å². The van der Waals surface area contributed by atoms with Crippen molar-refractivity contribution in [1.29, 1.82) is 0 Å². The number of hydrogen-bond donors (Lipinski definition) is 2. The molecule has 21 heavy (non-hydrogen) atoms. The zero-order valence-electron chi connectivity index (χ0n) is 13.0. The molecule has 1 unspecified atom stereocenters. The highest BCUT2D eigenvalue weighted by molar-refractivity contribution is 5.90. The predicted molar refractivity (Wildman–Crippen MR) is 85.2 cm³/mol. The molecule has 1 amide bonds. The molecule has 1 aliphatic rings. The molecule has 1 atom stereocenters. The van der Waals surface area contributed by atoms with Crippen LogP contribution in [0.2, 0.25) is 0 Å². The van der Waals surface area contributed by atoms with E-state index in [1.807, 2.05) is 24.3 Å². The first-order valence-electron chi connectivity index (χ1n) is 7.77. The van der Waals surface area contributed by atoms with E-state index in [2.05, 4.69) is 17.6 Å². The second-order valence-electron chi connectivity index (χ2n) is 5.95. The molecular formula is C17H26N2O2. The second-order valence-corrected chi connectivity index (χ2v) is 5.95. The zero-order chi connectivity index (χ0) is 15.1. The molecule has 0 bridgehead atoms. The van der Waals surface area contributed by atoms with Crippen LogP contribution in [0.5, 0.6) is 0 Å². The van der Waals surface area contributed by atoms with Crippen molar-refractivity contribution in [2.45, 2.75) is 32.8 Å². The van der Waals surface area contributed by atoms with Crippen LogP contribution in [0.3, 0.4) is 0 Å². The summed E-state index contributed by atoms with van der Waals surface area (Å²) in [6.45, 7) is 4.91. The number of methoxy groups -OCH3 is 1. The van der Waals surface area contributed by atoms with Crippen molar-refractivity contribution in [2.24, 2.45) is 11.8 Å². The molecule has 4 nitrogen and oxygen atoms in total. The van der Waals surface area contributed by atoms with E-state index < -0.39 is 0 Å². The maximum atomic E-state index is 12.2. The van der Waals surface area contributed by atoms with Crippen LogP contribution in [0, 0.1) is 11.8 Å². The SMILES string of the molecule is COCc1cccc(NC(=O)CC(C)C2CCNCC2)c1. The van der Waals surface area contributed by atoms with Crippen molar-refractivity contribution in [1.82, 2.24) is 5.32 Å². The van der Waals surface area contributed by atoms with Gasteiger partial charge in [0.25, 0.3) is 0 Å². The van der Waals surface area contributed by atoms with Crippen LogP contribution >= 0.6 is 0 Å². The van der Waals surface area contributed by atoms with Crippen molar-refractivity contribution < 1.29 is 9.53 Å². The number of carbonyl (C=O) groups excluding carboxylic acids is 1. The average molecular weight is 290 g/mol. The van der Waals surface area contributed by atoms with E-state index in [1.54, 1.807) is 7.11 Å². The van der Waals surface area contributed by atoms with Gasteiger partial charge in [-0.05, 0) is 55.5 Å². The first-order valence-corrected chi connectivity index (χ1v) is 7.77. The van der Waals surface area contributed by atoms with Crippen LogP contribution in [0.4, 0.5) is 5.69 Å². The number of rotatable bonds is 6. The first-order chi connectivity index (χ1) is 10.2. The van der Waals surface area contributed by atoms with Gasteiger partial charge in [-0.25, -0.2) is 0 Å². The first kappa shape index (κ1) is 16.0. The Bertz CT molecular complexity index is 456. The molecule has 2 rings (SSSR count). The van der Waals surface area contributed by atoms with Crippen LogP contribution in [0.1, 0.15) is 31.7 Å². The van der Waals surface area contributed by atoms with E-state index in [-0.39, 0.29) is 5.91 Å². The number of hydrogen-bond acceptors (Lipinski definition) is 3. The summed E-state index contributed by atoms with van der Waals surface area (Å²) in [5, 5.41) is 6.37. The Morgan fingerprint density at radius 1 is 1.43 bits per heavy atom. The van der Waals surface area contributed by atoms with Crippen molar-refractivity contribution in [3.05, 3.63) is 29.8 Å². The molecular weight excluding hydrogens is 264 g/mol. The van der Waals surface area contributed by atoms with Gasteiger partial charge in [0.1, 0.15) is 0 Å². The summed E-state index contributed by atoms with van der Waals surface area (Å²) in [5.74, 6) is 1.21. The molecule has 1 aliphatic heterocycles. The minimum Gasteiger partial charge on any atom is -0.380 e. The predicted octanol–water partition coefficient (Wildman–Crippen LogP) is 2.80. The molecule has 0 aliphatic carbocycles. The summed E-state index contributed by atoms with van der Waals surface area (Å²) in [4.78, 5) is 12.2. The lowest BCUT2D eigenvalue weighted by molar-refractivity contribution is -0.117. The Labute approximate surface area is 127 Å². The molecule has 0 saturated carbocycles. The van der Waals surface area contributed by atoms with Crippen molar-refractivity contribution >= 4 is 11.6 Å². The number of nitrogens with one attached hydrogen (secondary N) is 2. The van der Waals surface area contributed by atoms with E-state index in [9.17, 15) is 4.79 Å². The summed E-state index contributed by atoms with van der Waals surface area (Å²) in [6, 6.07) is 7.83. The second kappa shape index (κ2) is 8.15. The van der Waals surface area contributed by atoms with Gasteiger partial charge in [-0.2, -0.15) is 0 Å². The third-order valence-corrected chi connectivity index (χ3v) is 4.22. The van der Waals surface area contributed by atoms with E-state index in [4.69, 9.17) is 4.74 Å². The van der Waals surface area contributed by atoms with Crippen molar-refractivity contribution in [3.8, 4) is 0 Å². The van der Waals surface area contributed by atoms with Crippen molar-refractivity contribution in [2.75, 3.05) is 25.5 Å². The lowest BCUT2D eigenvalue weighted by atomic mass is 9.84. The van der Waals surface area contributed by atoms with Gasteiger partial charge in [0.05, 0.1) is 6.61 Å². The Hall–Kier alpha value is -1.39. The van der Waals surface area contributed by atoms with Gasteiger partial charge in [-0.3, -0.25) is 4.79 Å².